The minimum Gasteiger partial charge on any atom is -0.497 e. The molecule has 0 radical (unpaired) electrons. The molecule has 0 unspecified atom stereocenters. The molecule has 0 aliphatic rings. The third-order valence-electron chi connectivity index (χ3n) is 4.15. The Kier molecular flexibility index (Phi) is 7.04. The van der Waals surface area contributed by atoms with Crippen LogP contribution in [0, 0.1) is 0 Å². The quantitative estimate of drug-likeness (QED) is 0.444. The van der Waals surface area contributed by atoms with Crippen LogP contribution in [0.5, 0.6) is 5.75 Å². The lowest BCUT2D eigenvalue weighted by molar-refractivity contribution is -0.137. The predicted octanol–water partition coefficient (Wildman–Crippen LogP) is 5.15. The van der Waals surface area contributed by atoms with E-state index in [4.69, 9.17) is 21.4 Å². The molecule has 0 saturated carbocycles. The van der Waals surface area contributed by atoms with Crippen LogP contribution < -0.4 is 15.4 Å². The number of thiazole rings is 1. The zero-order chi connectivity index (χ0) is 22.6. The van der Waals surface area contributed by atoms with Crippen molar-refractivity contribution in [2.45, 2.75) is 6.18 Å². The first-order valence-corrected chi connectivity index (χ1v) is 10.2. The number of aromatic nitrogens is 1. The van der Waals surface area contributed by atoms with Crippen molar-refractivity contribution in [3.8, 4) is 17.0 Å². The molecule has 0 saturated heterocycles. The summed E-state index contributed by atoms with van der Waals surface area (Å²) in [7, 11) is 1.49. The molecule has 1 aromatic heterocycles. The second-order valence-corrected chi connectivity index (χ2v) is 7.51. The van der Waals surface area contributed by atoms with E-state index in [0.717, 1.165) is 0 Å². The van der Waals surface area contributed by atoms with E-state index in [9.17, 15) is 18.0 Å². The molecule has 164 valence electrons. The average Bonchev–Trinajstić information content (AvgIpc) is 3.22. The Balaban J connectivity index is 1.81. The lowest BCUT2D eigenvalue weighted by Crippen LogP contribution is -2.16. The Labute approximate surface area is 184 Å². The van der Waals surface area contributed by atoms with Gasteiger partial charge in [0.15, 0.2) is 5.01 Å². The van der Waals surface area contributed by atoms with Crippen LogP contribution in [-0.4, -0.2) is 36.3 Å². The number of ether oxygens (including phenoxy) is 1. The number of benzene rings is 2. The molecule has 0 aliphatic heterocycles. The van der Waals surface area contributed by atoms with Gasteiger partial charge in [0.2, 0.25) is 0 Å². The van der Waals surface area contributed by atoms with Crippen LogP contribution in [0.1, 0.15) is 15.4 Å². The Hall–Kier alpha value is -2.82. The zero-order valence-electron chi connectivity index (χ0n) is 16.1. The van der Waals surface area contributed by atoms with E-state index in [1.54, 1.807) is 18.2 Å². The second-order valence-electron chi connectivity index (χ2n) is 6.25. The molecule has 0 spiro atoms. The van der Waals surface area contributed by atoms with Gasteiger partial charge in [0.05, 0.1) is 35.7 Å². The molecule has 3 N–H and O–H groups in total. The molecule has 3 rings (SSSR count). The third kappa shape index (κ3) is 5.46. The van der Waals surface area contributed by atoms with Crippen molar-refractivity contribution in [2.24, 2.45) is 0 Å². The predicted molar refractivity (Wildman–Crippen MR) is 114 cm³/mol. The SMILES string of the molecule is COc1ccc(C(=O)Nc2ccc(-c3csc(C(F)(F)F)n3)c(Cl)c2)c(NCCO)c1. The van der Waals surface area contributed by atoms with E-state index < -0.39 is 17.1 Å². The first kappa shape index (κ1) is 22.9. The number of hydrogen-bond donors (Lipinski definition) is 3. The number of rotatable bonds is 7. The van der Waals surface area contributed by atoms with Crippen molar-refractivity contribution in [2.75, 3.05) is 30.9 Å². The van der Waals surface area contributed by atoms with Crippen molar-refractivity contribution in [1.82, 2.24) is 4.98 Å². The lowest BCUT2D eigenvalue weighted by Gasteiger charge is -2.14. The number of alkyl halides is 3. The molecule has 0 aliphatic carbocycles. The average molecular weight is 472 g/mol. The normalized spacial score (nSPS) is 11.3. The highest BCUT2D eigenvalue weighted by molar-refractivity contribution is 7.10. The molecule has 0 atom stereocenters. The van der Waals surface area contributed by atoms with Crippen molar-refractivity contribution in [3.63, 3.8) is 0 Å². The summed E-state index contributed by atoms with van der Waals surface area (Å²) in [5, 5.41) is 15.1. The Bertz CT molecular complexity index is 1090. The van der Waals surface area contributed by atoms with Gasteiger partial charge >= 0.3 is 6.18 Å². The fraction of sp³-hybridized carbons (Fsp3) is 0.200. The van der Waals surface area contributed by atoms with Gasteiger partial charge < -0.3 is 20.5 Å². The highest BCUT2D eigenvalue weighted by atomic mass is 35.5. The minimum atomic E-state index is -4.52. The molecular weight excluding hydrogens is 455 g/mol. The molecule has 0 fully saturated rings. The standard InChI is InChI=1S/C20H17ClF3N3O3S/c1-30-12-3-5-14(16(9-12)25-6-7-28)18(29)26-11-2-4-13(15(21)8-11)17-10-31-19(27-17)20(22,23)24/h2-5,8-10,25,28H,6-7H2,1H3,(H,26,29). The Morgan fingerprint density at radius 1 is 1.26 bits per heavy atom. The van der Waals surface area contributed by atoms with Gasteiger partial charge in [-0.2, -0.15) is 13.2 Å². The fourth-order valence-electron chi connectivity index (χ4n) is 2.71. The molecule has 31 heavy (non-hydrogen) atoms. The summed E-state index contributed by atoms with van der Waals surface area (Å²) >= 11 is 6.72. The number of halogens is 4. The number of carbonyl (C=O) groups is 1. The number of aliphatic hydroxyl groups is 1. The van der Waals surface area contributed by atoms with Crippen LogP contribution in [0.25, 0.3) is 11.3 Å². The number of carbonyl (C=O) groups excluding carboxylic acids is 1. The summed E-state index contributed by atoms with van der Waals surface area (Å²) in [6, 6.07) is 9.27. The number of nitrogens with one attached hydrogen (secondary N) is 2. The van der Waals surface area contributed by atoms with E-state index in [1.807, 2.05) is 0 Å². The van der Waals surface area contributed by atoms with Crippen molar-refractivity contribution in [1.29, 1.82) is 0 Å². The number of nitrogens with zero attached hydrogens (tertiary/aromatic N) is 1. The maximum Gasteiger partial charge on any atom is 0.443 e. The van der Waals surface area contributed by atoms with E-state index in [0.29, 0.717) is 39.6 Å². The molecule has 1 heterocycles. The van der Waals surface area contributed by atoms with E-state index in [2.05, 4.69) is 15.6 Å². The molecule has 2 aromatic carbocycles. The first-order valence-electron chi connectivity index (χ1n) is 8.89. The molecular formula is C20H17ClF3N3O3S. The van der Waals surface area contributed by atoms with Crippen molar-refractivity contribution >= 4 is 40.2 Å². The van der Waals surface area contributed by atoms with E-state index >= 15 is 0 Å². The van der Waals surface area contributed by atoms with Gasteiger partial charge in [-0.3, -0.25) is 4.79 Å². The van der Waals surface area contributed by atoms with Crippen LogP contribution in [0.3, 0.4) is 0 Å². The van der Waals surface area contributed by atoms with E-state index in [1.165, 1.54) is 30.7 Å². The van der Waals surface area contributed by atoms with Gasteiger partial charge in [0, 0.05) is 29.2 Å². The maximum atomic E-state index is 12.8. The smallest absolute Gasteiger partial charge is 0.443 e. The second kappa shape index (κ2) is 9.54. The highest BCUT2D eigenvalue weighted by Crippen LogP contribution is 2.37. The summed E-state index contributed by atoms with van der Waals surface area (Å²) in [4.78, 5) is 16.3. The Morgan fingerprint density at radius 3 is 2.65 bits per heavy atom. The van der Waals surface area contributed by atoms with Crippen LogP contribution in [0.2, 0.25) is 5.02 Å². The number of anilines is 2. The topological polar surface area (TPSA) is 83.5 Å². The lowest BCUT2D eigenvalue weighted by atomic mass is 10.1. The molecule has 1 amide bonds. The number of methoxy groups -OCH3 is 1. The maximum absolute atomic E-state index is 12.8. The summed E-state index contributed by atoms with van der Waals surface area (Å²) < 4.78 is 43.5. The zero-order valence-corrected chi connectivity index (χ0v) is 17.7. The largest absolute Gasteiger partial charge is 0.497 e. The van der Waals surface area contributed by atoms with Crippen LogP contribution in [-0.2, 0) is 6.18 Å². The minimum absolute atomic E-state index is 0.103. The molecule has 6 nitrogen and oxygen atoms in total. The highest BCUT2D eigenvalue weighted by Gasteiger charge is 2.34. The van der Waals surface area contributed by atoms with Gasteiger partial charge in [0.25, 0.3) is 5.91 Å². The van der Waals surface area contributed by atoms with Crippen LogP contribution in [0.15, 0.2) is 41.8 Å². The third-order valence-corrected chi connectivity index (χ3v) is 5.35. The van der Waals surface area contributed by atoms with E-state index in [-0.39, 0.29) is 23.9 Å². The van der Waals surface area contributed by atoms with Crippen molar-refractivity contribution in [3.05, 3.63) is 57.4 Å². The molecule has 0 bridgehead atoms. The van der Waals surface area contributed by atoms with Crippen LogP contribution in [0.4, 0.5) is 24.5 Å². The first-order chi connectivity index (χ1) is 14.7. The molecule has 3 aromatic rings. The summed E-state index contributed by atoms with van der Waals surface area (Å²) in [5.74, 6) is 0.0887. The van der Waals surface area contributed by atoms with Gasteiger partial charge in [-0.05, 0) is 30.3 Å². The van der Waals surface area contributed by atoms with Crippen LogP contribution >= 0.6 is 22.9 Å². The monoisotopic (exact) mass is 471 g/mol. The number of hydrogen-bond acceptors (Lipinski definition) is 6. The number of amides is 1. The summed E-state index contributed by atoms with van der Waals surface area (Å²) in [5.41, 5.74) is 1.56. The van der Waals surface area contributed by atoms with Gasteiger partial charge in [-0.1, -0.05) is 11.6 Å². The van der Waals surface area contributed by atoms with Gasteiger partial charge in [-0.25, -0.2) is 4.98 Å². The Morgan fingerprint density at radius 2 is 2.03 bits per heavy atom. The van der Waals surface area contributed by atoms with Gasteiger partial charge in [0.1, 0.15) is 5.75 Å². The summed E-state index contributed by atoms with van der Waals surface area (Å²) in [6.45, 7) is 0.115. The van der Waals surface area contributed by atoms with Gasteiger partial charge in [-0.15, -0.1) is 11.3 Å². The number of aliphatic hydroxyl groups excluding tert-OH is 1. The fourth-order valence-corrected chi connectivity index (χ4v) is 3.68. The molecule has 11 heteroatoms. The summed E-state index contributed by atoms with van der Waals surface area (Å²) in [6.07, 6.45) is -4.52. The van der Waals surface area contributed by atoms with Crippen molar-refractivity contribution < 1.29 is 27.8 Å².